The van der Waals surface area contributed by atoms with Crippen molar-refractivity contribution in [3.8, 4) is 0 Å². The van der Waals surface area contributed by atoms with Crippen molar-refractivity contribution in [3.05, 3.63) is 59.7 Å². The highest BCUT2D eigenvalue weighted by Crippen LogP contribution is 2.30. The van der Waals surface area contributed by atoms with Gasteiger partial charge in [-0.3, -0.25) is 0 Å². The number of benzene rings is 1. The van der Waals surface area contributed by atoms with Crippen LogP contribution in [0.1, 0.15) is 30.0 Å². The van der Waals surface area contributed by atoms with Crippen LogP contribution in [-0.2, 0) is 6.42 Å². The molecular weight excluding hydrogens is 238 g/mol. The number of rotatable bonds is 4. The molecule has 0 amide bonds. The monoisotopic (exact) mass is 255 g/mol. The van der Waals surface area contributed by atoms with Crippen LogP contribution in [0.25, 0.3) is 11.0 Å². The summed E-state index contributed by atoms with van der Waals surface area (Å²) in [6, 6.07) is 12.2. The molecule has 0 saturated carbocycles. The molecule has 1 unspecified atom stereocenters. The highest BCUT2D eigenvalue weighted by molar-refractivity contribution is 5.78. The maximum absolute atomic E-state index is 5.94. The van der Waals surface area contributed by atoms with Gasteiger partial charge in [0, 0.05) is 17.4 Å². The standard InChI is InChI=1S/C16H17NO2/c1-3-13-12(8-9-18-13)16(17-2)15-10-11-6-4-5-7-14(11)19-15/h4-10,16-17H,3H2,1-2H3. The zero-order valence-corrected chi connectivity index (χ0v) is 11.1. The van der Waals surface area contributed by atoms with Crippen LogP contribution in [-0.4, -0.2) is 7.05 Å². The molecule has 0 saturated heterocycles. The minimum Gasteiger partial charge on any atom is -0.469 e. The van der Waals surface area contributed by atoms with Gasteiger partial charge in [0.25, 0.3) is 0 Å². The molecule has 0 radical (unpaired) electrons. The van der Waals surface area contributed by atoms with Crippen molar-refractivity contribution in [1.82, 2.24) is 5.32 Å². The lowest BCUT2D eigenvalue weighted by atomic mass is 10.0. The molecule has 2 aromatic heterocycles. The minimum absolute atomic E-state index is 0.0288. The number of furan rings is 2. The Bertz CT molecular complexity index is 648. The topological polar surface area (TPSA) is 38.3 Å². The number of hydrogen-bond donors (Lipinski definition) is 1. The van der Waals surface area contributed by atoms with Gasteiger partial charge in [0.15, 0.2) is 0 Å². The highest BCUT2D eigenvalue weighted by Gasteiger charge is 2.20. The first-order valence-corrected chi connectivity index (χ1v) is 6.55. The molecule has 0 spiro atoms. The molecule has 3 heteroatoms. The van der Waals surface area contributed by atoms with Crippen LogP contribution in [0.4, 0.5) is 0 Å². The molecule has 0 aliphatic carbocycles. The largest absolute Gasteiger partial charge is 0.469 e. The molecule has 19 heavy (non-hydrogen) atoms. The van der Waals surface area contributed by atoms with Gasteiger partial charge in [-0.25, -0.2) is 0 Å². The Hall–Kier alpha value is -2.00. The molecule has 0 bridgehead atoms. The predicted octanol–water partition coefficient (Wildman–Crippen LogP) is 3.90. The number of nitrogens with one attached hydrogen (secondary N) is 1. The zero-order chi connectivity index (χ0) is 13.2. The maximum Gasteiger partial charge on any atom is 0.134 e. The summed E-state index contributed by atoms with van der Waals surface area (Å²) in [5.74, 6) is 1.92. The third-order valence-corrected chi connectivity index (χ3v) is 3.43. The Morgan fingerprint density at radius 1 is 1.21 bits per heavy atom. The molecule has 1 N–H and O–H groups in total. The van der Waals surface area contributed by atoms with Crippen LogP contribution in [0.3, 0.4) is 0 Å². The zero-order valence-electron chi connectivity index (χ0n) is 11.1. The quantitative estimate of drug-likeness (QED) is 0.768. The number of fused-ring (bicyclic) bond motifs is 1. The van der Waals surface area contributed by atoms with E-state index in [0.29, 0.717) is 0 Å². The average molecular weight is 255 g/mol. The van der Waals surface area contributed by atoms with Crippen molar-refractivity contribution in [2.24, 2.45) is 0 Å². The Balaban J connectivity index is 2.06. The lowest BCUT2D eigenvalue weighted by Gasteiger charge is -2.13. The summed E-state index contributed by atoms with van der Waals surface area (Å²) < 4.78 is 11.5. The summed E-state index contributed by atoms with van der Waals surface area (Å²) in [7, 11) is 1.93. The van der Waals surface area contributed by atoms with E-state index in [0.717, 1.165) is 34.5 Å². The second-order valence-corrected chi connectivity index (χ2v) is 4.56. The van der Waals surface area contributed by atoms with Crippen molar-refractivity contribution in [2.45, 2.75) is 19.4 Å². The molecule has 0 aliphatic heterocycles. The van der Waals surface area contributed by atoms with Gasteiger partial charge in [0.1, 0.15) is 17.1 Å². The predicted molar refractivity (Wildman–Crippen MR) is 75.2 cm³/mol. The normalized spacial score (nSPS) is 12.9. The van der Waals surface area contributed by atoms with E-state index in [4.69, 9.17) is 8.83 Å². The van der Waals surface area contributed by atoms with E-state index in [9.17, 15) is 0 Å². The second-order valence-electron chi connectivity index (χ2n) is 4.56. The Kier molecular flexibility index (Phi) is 3.13. The van der Waals surface area contributed by atoms with E-state index in [1.54, 1.807) is 6.26 Å². The van der Waals surface area contributed by atoms with Crippen LogP contribution in [0.15, 0.2) is 51.5 Å². The van der Waals surface area contributed by atoms with Gasteiger partial charge in [-0.2, -0.15) is 0 Å². The molecule has 2 heterocycles. The first-order chi connectivity index (χ1) is 9.33. The second kappa shape index (κ2) is 4.94. The molecular formula is C16H17NO2. The van der Waals surface area contributed by atoms with Crippen LogP contribution in [0, 0.1) is 0 Å². The molecule has 1 aromatic carbocycles. The molecule has 3 rings (SSSR count). The van der Waals surface area contributed by atoms with E-state index in [1.165, 1.54) is 0 Å². The van der Waals surface area contributed by atoms with Gasteiger partial charge in [-0.05, 0) is 25.2 Å². The summed E-state index contributed by atoms with van der Waals surface area (Å²) in [6.45, 7) is 2.09. The van der Waals surface area contributed by atoms with Crippen molar-refractivity contribution < 1.29 is 8.83 Å². The molecule has 1 atom stereocenters. The summed E-state index contributed by atoms with van der Waals surface area (Å²) in [6.07, 6.45) is 2.61. The fraction of sp³-hybridized carbons (Fsp3) is 0.250. The molecule has 3 aromatic rings. The van der Waals surface area contributed by atoms with Gasteiger partial charge in [0.05, 0.1) is 12.3 Å². The molecule has 3 nitrogen and oxygen atoms in total. The van der Waals surface area contributed by atoms with Gasteiger partial charge in [0.2, 0.25) is 0 Å². The Morgan fingerprint density at radius 3 is 2.79 bits per heavy atom. The number of aryl methyl sites for hydroxylation is 1. The maximum atomic E-state index is 5.94. The molecule has 98 valence electrons. The SMILES string of the molecule is CCc1occc1C(NC)c1cc2ccccc2o1. The third kappa shape index (κ3) is 2.06. The van der Waals surface area contributed by atoms with Crippen LogP contribution >= 0.6 is 0 Å². The first-order valence-electron chi connectivity index (χ1n) is 6.55. The summed E-state index contributed by atoms with van der Waals surface area (Å²) in [4.78, 5) is 0. The van der Waals surface area contributed by atoms with Crippen molar-refractivity contribution >= 4 is 11.0 Å². The lowest BCUT2D eigenvalue weighted by molar-refractivity contribution is 0.471. The summed E-state index contributed by atoms with van der Waals surface area (Å²) >= 11 is 0. The highest BCUT2D eigenvalue weighted by atomic mass is 16.3. The first kappa shape index (κ1) is 12.1. The van der Waals surface area contributed by atoms with E-state index in [2.05, 4.69) is 24.4 Å². The third-order valence-electron chi connectivity index (χ3n) is 3.43. The van der Waals surface area contributed by atoms with E-state index in [1.807, 2.05) is 31.3 Å². The molecule has 0 aliphatic rings. The van der Waals surface area contributed by atoms with Gasteiger partial charge >= 0.3 is 0 Å². The van der Waals surface area contributed by atoms with Crippen molar-refractivity contribution in [3.63, 3.8) is 0 Å². The van der Waals surface area contributed by atoms with Crippen LogP contribution in [0.5, 0.6) is 0 Å². The Morgan fingerprint density at radius 2 is 2.05 bits per heavy atom. The lowest BCUT2D eigenvalue weighted by Crippen LogP contribution is -2.17. The number of para-hydroxylation sites is 1. The van der Waals surface area contributed by atoms with E-state index in [-0.39, 0.29) is 6.04 Å². The smallest absolute Gasteiger partial charge is 0.134 e. The van der Waals surface area contributed by atoms with Crippen molar-refractivity contribution in [2.75, 3.05) is 7.05 Å². The minimum atomic E-state index is 0.0288. The van der Waals surface area contributed by atoms with Crippen LogP contribution in [0.2, 0.25) is 0 Å². The van der Waals surface area contributed by atoms with Crippen LogP contribution < -0.4 is 5.32 Å². The van der Waals surface area contributed by atoms with Crippen molar-refractivity contribution in [1.29, 1.82) is 0 Å². The number of hydrogen-bond acceptors (Lipinski definition) is 3. The Labute approximate surface area is 112 Å². The van der Waals surface area contributed by atoms with E-state index >= 15 is 0 Å². The molecule has 0 fully saturated rings. The van der Waals surface area contributed by atoms with E-state index < -0.39 is 0 Å². The van der Waals surface area contributed by atoms with Gasteiger partial charge in [-0.1, -0.05) is 25.1 Å². The fourth-order valence-corrected chi connectivity index (χ4v) is 2.49. The van der Waals surface area contributed by atoms with Gasteiger partial charge in [-0.15, -0.1) is 0 Å². The summed E-state index contributed by atoms with van der Waals surface area (Å²) in [5.41, 5.74) is 2.06. The van der Waals surface area contributed by atoms with Gasteiger partial charge < -0.3 is 14.2 Å². The summed E-state index contributed by atoms with van der Waals surface area (Å²) in [5, 5.41) is 4.43. The fourth-order valence-electron chi connectivity index (χ4n) is 2.49. The average Bonchev–Trinajstić information content (AvgIpc) is 3.05.